The molecule has 0 saturated carbocycles. The number of hydrogen-bond donors (Lipinski definition) is 1. The van der Waals surface area contributed by atoms with E-state index in [9.17, 15) is 18.0 Å². The summed E-state index contributed by atoms with van der Waals surface area (Å²) in [5, 5.41) is 3.67. The second-order valence-corrected chi connectivity index (χ2v) is 13.8. The van der Waals surface area contributed by atoms with Crippen molar-refractivity contribution in [2.45, 2.75) is 30.8 Å². The lowest BCUT2D eigenvalue weighted by molar-refractivity contribution is -0.140. The summed E-state index contributed by atoms with van der Waals surface area (Å²) < 4.78 is 46.2. The van der Waals surface area contributed by atoms with Gasteiger partial charge in [0.25, 0.3) is 10.0 Å². The number of benzene rings is 4. The first kappa shape index (κ1) is 37.7. The van der Waals surface area contributed by atoms with Gasteiger partial charge < -0.3 is 24.4 Å². The first-order valence-electron chi connectivity index (χ1n) is 15.1. The molecule has 0 fully saturated rings. The molecule has 0 unspecified atom stereocenters. The maximum atomic E-state index is 14.7. The van der Waals surface area contributed by atoms with Gasteiger partial charge in [-0.2, -0.15) is 0 Å². The number of anilines is 1. The molecule has 49 heavy (non-hydrogen) atoms. The first-order valence-corrected chi connectivity index (χ1v) is 17.6. The zero-order valence-electron chi connectivity index (χ0n) is 27.3. The van der Waals surface area contributed by atoms with E-state index in [1.165, 1.54) is 68.7 Å². The van der Waals surface area contributed by atoms with Gasteiger partial charge in [-0.25, -0.2) is 8.42 Å². The Morgan fingerprint density at radius 3 is 2.06 bits per heavy atom. The van der Waals surface area contributed by atoms with Crippen LogP contribution < -0.4 is 23.8 Å². The van der Waals surface area contributed by atoms with Crippen LogP contribution in [0.1, 0.15) is 18.1 Å². The number of nitrogens with zero attached hydrogens (tertiary/aromatic N) is 2. The van der Waals surface area contributed by atoms with Crippen LogP contribution in [0.5, 0.6) is 17.2 Å². The maximum Gasteiger partial charge on any atom is 0.265 e. The number of methoxy groups -OCH3 is 3. The molecule has 0 aliphatic rings. The minimum absolute atomic E-state index is 0.000212. The van der Waals surface area contributed by atoms with Gasteiger partial charge in [-0.3, -0.25) is 13.9 Å². The molecular weight excluding hydrogens is 713 g/mol. The van der Waals surface area contributed by atoms with E-state index in [0.717, 1.165) is 9.87 Å². The van der Waals surface area contributed by atoms with Crippen molar-refractivity contribution in [3.8, 4) is 17.2 Å². The van der Waals surface area contributed by atoms with E-state index in [2.05, 4.69) is 5.32 Å². The fraction of sp³-hybridized carbons (Fsp3) is 0.257. The summed E-state index contributed by atoms with van der Waals surface area (Å²) in [4.78, 5) is 29.5. The molecule has 4 aromatic carbocycles. The molecule has 0 heterocycles. The van der Waals surface area contributed by atoms with Crippen LogP contribution >= 0.6 is 34.8 Å². The molecule has 0 bridgehead atoms. The highest BCUT2D eigenvalue weighted by atomic mass is 35.5. The lowest BCUT2D eigenvalue weighted by Gasteiger charge is -2.34. The first-order chi connectivity index (χ1) is 23.4. The lowest BCUT2D eigenvalue weighted by Crippen LogP contribution is -2.53. The smallest absolute Gasteiger partial charge is 0.265 e. The number of hydrogen-bond acceptors (Lipinski definition) is 7. The number of rotatable bonds is 15. The fourth-order valence-electron chi connectivity index (χ4n) is 5.16. The van der Waals surface area contributed by atoms with Crippen molar-refractivity contribution in [3.63, 3.8) is 0 Å². The normalized spacial score (nSPS) is 11.7. The Bertz CT molecular complexity index is 1900. The van der Waals surface area contributed by atoms with E-state index >= 15 is 0 Å². The molecule has 0 saturated heterocycles. The van der Waals surface area contributed by atoms with Gasteiger partial charge in [0.1, 0.15) is 18.3 Å². The van der Waals surface area contributed by atoms with Gasteiger partial charge >= 0.3 is 0 Å². The largest absolute Gasteiger partial charge is 0.495 e. The molecule has 2 amide bonds. The molecule has 1 atom stereocenters. The molecular formula is C35H36Cl3N3O7S. The second kappa shape index (κ2) is 17.0. The van der Waals surface area contributed by atoms with Crippen LogP contribution in [-0.2, 0) is 32.6 Å². The minimum atomic E-state index is -4.52. The third-order valence-corrected chi connectivity index (χ3v) is 10.2. The summed E-state index contributed by atoms with van der Waals surface area (Å²) in [5.41, 5.74) is 1.28. The number of sulfonamides is 1. The summed E-state index contributed by atoms with van der Waals surface area (Å²) >= 11 is 19.1. The second-order valence-electron chi connectivity index (χ2n) is 10.7. The summed E-state index contributed by atoms with van der Waals surface area (Å²) in [6.07, 6.45) is 0.131. The van der Waals surface area contributed by atoms with E-state index in [1.807, 2.05) is 30.3 Å². The van der Waals surface area contributed by atoms with E-state index < -0.39 is 34.4 Å². The van der Waals surface area contributed by atoms with Gasteiger partial charge in [-0.1, -0.05) is 71.2 Å². The average molecular weight is 749 g/mol. The minimum Gasteiger partial charge on any atom is -0.495 e. The van der Waals surface area contributed by atoms with E-state index in [4.69, 9.17) is 49.0 Å². The number of carbonyl (C=O) groups excluding carboxylic acids is 2. The summed E-state index contributed by atoms with van der Waals surface area (Å²) in [6.45, 7) is 1.18. The van der Waals surface area contributed by atoms with Crippen molar-refractivity contribution in [1.29, 1.82) is 0 Å². The summed E-state index contributed by atoms with van der Waals surface area (Å²) in [7, 11) is -0.348. The van der Waals surface area contributed by atoms with Crippen LogP contribution in [-0.4, -0.2) is 65.6 Å². The number of carbonyl (C=O) groups is 2. The van der Waals surface area contributed by atoms with Crippen molar-refractivity contribution < 1.29 is 32.2 Å². The van der Waals surface area contributed by atoms with Crippen molar-refractivity contribution in [3.05, 3.63) is 111 Å². The number of amides is 2. The molecule has 0 aliphatic heterocycles. The van der Waals surface area contributed by atoms with Crippen LogP contribution in [0.15, 0.2) is 89.8 Å². The van der Waals surface area contributed by atoms with Crippen LogP contribution in [0.4, 0.5) is 5.69 Å². The monoisotopic (exact) mass is 747 g/mol. The van der Waals surface area contributed by atoms with Crippen LogP contribution in [0, 0.1) is 0 Å². The topological polar surface area (TPSA) is 114 Å². The molecule has 4 rings (SSSR count). The van der Waals surface area contributed by atoms with Crippen molar-refractivity contribution >= 4 is 62.3 Å². The van der Waals surface area contributed by atoms with Gasteiger partial charge in [0.05, 0.1) is 31.9 Å². The van der Waals surface area contributed by atoms with E-state index in [1.54, 1.807) is 19.1 Å². The predicted molar refractivity (Wildman–Crippen MR) is 192 cm³/mol. The maximum absolute atomic E-state index is 14.7. The van der Waals surface area contributed by atoms with Crippen LogP contribution in [0.3, 0.4) is 0 Å². The molecule has 4 aromatic rings. The third kappa shape index (κ3) is 9.10. The van der Waals surface area contributed by atoms with E-state index in [-0.39, 0.29) is 45.1 Å². The van der Waals surface area contributed by atoms with Gasteiger partial charge in [-0.15, -0.1) is 0 Å². The van der Waals surface area contributed by atoms with Gasteiger partial charge in [0, 0.05) is 40.6 Å². The molecule has 0 spiro atoms. The summed E-state index contributed by atoms with van der Waals surface area (Å²) in [5.74, 6) is -0.533. The lowest BCUT2D eigenvalue weighted by atomic mass is 10.0. The van der Waals surface area contributed by atoms with Crippen LogP contribution in [0.25, 0.3) is 0 Å². The quantitative estimate of drug-likeness (QED) is 0.145. The molecule has 260 valence electrons. The number of likely N-dealkylation sites (N-methyl/N-ethyl adjacent to an activating group) is 1. The van der Waals surface area contributed by atoms with Gasteiger partial charge in [0.15, 0.2) is 11.5 Å². The third-order valence-electron chi connectivity index (χ3n) is 7.61. The number of nitrogens with one attached hydrogen (secondary N) is 1. The SMILES string of the molecule is CCNC(=O)[C@H](Cc1ccccc1)N(Cc1ccc(Cl)cc1Cl)C(=O)CN(c1cc(Cl)ccc1OC)S(=O)(=O)c1ccc(OC)c(OC)c1. The predicted octanol–water partition coefficient (Wildman–Crippen LogP) is 6.64. The Morgan fingerprint density at radius 2 is 1.43 bits per heavy atom. The number of ether oxygens (including phenoxy) is 3. The Labute approximate surface area is 301 Å². The van der Waals surface area contributed by atoms with Crippen molar-refractivity contribution in [2.75, 3.05) is 38.7 Å². The molecule has 0 aromatic heterocycles. The summed E-state index contributed by atoms with van der Waals surface area (Å²) in [6, 6.07) is 21.4. The Balaban J connectivity index is 1.89. The number of halogens is 3. The molecule has 1 N–H and O–H groups in total. The highest BCUT2D eigenvalue weighted by molar-refractivity contribution is 7.92. The molecule has 0 aliphatic carbocycles. The van der Waals surface area contributed by atoms with Crippen molar-refractivity contribution in [2.24, 2.45) is 0 Å². The Kier molecular flexibility index (Phi) is 13.0. The standard InChI is InChI=1S/C35H36Cl3N3O7S/c1-5-39-35(43)30(17-23-9-7-6-8-10-23)40(21-24-11-12-25(36)18-28(24)38)34(42)22-41(29-19-26(37)13-15-31(29)46-2)49(44,45)27-14-16-32(47-3)33(20-27)48-4/h6-16,18-20,30H,5,17,21-22H2,1-4H3,(H,39,43)/t30-/m0/s1. The molecule has 10 nitrogen and oxygen atoms in total. The molecule has 14 heteroatoms. The highest BCUT2D eigenvalue weighted by Gasteiger charge is 2.36. The zero-order chi connectivity index (χ0) is 35.7. The van der Waals surface area contributed by atoms with Gasteiger partial charge in [0.2, 0.25) is 11.8 Å². The zero-order valence-corrected chi connectivity index (χ0v) is 30.4. The van der Waals surface area contributed by atoms with Crippen LogP contribution in [0.2, 0.25) is 15.1 Å². The highest BCUT2D eigenvalue weighted by Crippen LogP contribution is 2.37. The molecule has 0 radical (unpaired) electrons. The Hall–Kier alpha value is -4.16. The average Bonchev–Trinajstić information content (AvgIpc) is 3.09. The Morgan fingerprint density at radius 1 is 0.796 bits per heavy atom. The van der Waals surface area contributed by atoms with E-state index in [0.29, 0.717) is 22.9 Å². The van der Waals surface area contributed by atoms with Gasteiger partial charge in [-0.05, 0) is 60.5 Å². The van der Waals surface area contributed by atoms with Crippen molar-refractivity contribution in [1.82, 2.24) is 10.2 Å². The fourth-order valence-corrected chi connectivity index (χ4v) is 7.22.